The number of benzene rings is 1. The zero-order valence-corrected chi connectivity index (χ0v) is 14.2. The molecule has 122 valence electrons. The molecule has 0 atom stereocenters. The highest BCUT2D eigenvalue weighted by atomic mass is 15.1. The number of nitrogens with zero attached hydrogens (tertiary/aromatic N) is 3. The second-order valence-corrected chi connectivity index (χ2v) is 5.90. The van der Waals surface area contributed by atoms with Gasteiger partial charge in [-0.15, -0.1) is 0 Å². The third-order valence-electron chi connectivity index (χ3n) is 3.56. The lowest BCUT2D eigenvalue weighted by Gasteiger charge is -2.11. The number of aryl methyl sites for hydroxylation is 3. The maximum atomic E-state index is 4.47. The van der Waals surface area contributed by atoms with Crippen molar-refractivity contribution in [3.63, 3.8) is 0 Å². The van der Waals surface area contributed by atoms with E-state index in [0.29, 0.717) is 6.54 Å². The van der Waals surface area contributed by atoms with E-state index >= 15 is 0 Å². The molecular formula is C19H21N5. The van der Waals surface area contributed by atoms with Crippen LogP contribution in [-0.4, -0.2) is 15.0 Å². The van der Waals surface area contributed by atoms with Gasteiger partial charge in [-0.1, -0.05) is 6.07 Å². The molecule has 0 unspecified atom stereocenters. The lowest BCUT2D eigenvalue weighted by molar-refractivity contribution is 1.02. The molecule has 0 aliphatic carbocycles. The molecule has 3 rings (SSSR count). The van der Waals surface area contributed by atoms with E-state index < -0.39 is 0 Å². The Labute approximate surface area is 142 Å². The third-order valence-corrected chi connectivity index (χ3v) is 3.56. The predicted octanol–water partition coefficient (Wildman–Crippen LogP) is 4.15. The van der Waals surface area contributed by atoms with Gasteiger partial charge in [-0.3, -0.25) is 4.98 Å². The Hall–Kier alpha value is -2.95. The number of hydrogen-bond donors (Lipinski definition) is 2. The molecule has 5 heteroatoms. The molecule has 1 aromatic carbocycles. The minimum Gasteiger partial charge on any atom is -0.366 e. The van der Waals surface area contributed by atoms with Crippen LogP contribution in [0.5, 0.6) is 0 Å². The molecule has 0 saturated heterocycles. The molecule has 0 amide bonds. The Morgan fingerprint density at radius 2 is 1.50 bits per heavy atom. The Balaban J connectivity index is 1.76. The molecule has 3 aromatic rings. The van der Waals surface area contributed by atoms with E-state index in [9.17, 15) is 0 Å². The van der Waals surface area contributed by atoms with E-state index in [-0.39, 0.29) is 0 Å². The number of aromatic nitrogens is 3. The Morgan fingerprint density at radius 3 is 2.21 bits per heavy atom. The SMILES string of the molecule is Cc1cc(C)cc(Nc2cc(NCc3ccncc3)nc(C)n2)c1. The average molecular weight is 319 g/mol. The Bertz CT molecular complexity index is 810. The highest BCUT2D eigenvalue weighted by molar-refractivity contribution is 5.60. The van der Waals surface area contributed by atoms with Crippen LogP contribution >= 0.6 is 0 Å². The minimum atomic E-state index is 0.696. The highest BCUT2D eigenvalue weighted by Crippen LogP contribution is 2.20. The van der Waals surface area contributed by atoms with E-state index in [1.165, 1.54) is 11.1 Å². The van der Waals surface area contributed by atoms with Gasteiger partial charge in [0.1, 0.15) is 17.5 Å². The minimum absolute atomic E-state index is 0.696. The highest BCUT2D eigenvalue weighted by Gasteiger charge is 2.04. The fourth-order valence-corrected chi connectivity index (χ4v) is 2.61. The van der Waals surface area contributed by atoms with Crippen molar-refractivity contribution in [2.24, 2.45) is 0 Å². The standard InChI is InChI=1S/C19H21N5/c1-13-8-14(2)10-17(9-13)24-19-11-18(22-15(3)23-19)21-12-16-4-6-20-7-5-16/h4-11H,12H2,1-3H3,(H2,21,22,23,24). The van der Waals surface area contributed by atoms with E-state index in [4.69, 9.17) is 0 Å². The van der Waals surface area contributed by atoms with Crippen LogP contribution in [0, 0.1) is 20.8 Å². The monoisotopic (exact) mass is 319 g/mol. The topological polar surface area (TPSA) is 62.7 Å². The molecule has 0 spiro atoms. The molecule has 2 heterocycles. The van der Waals surface area contributed by atoms with Crippen molar-refractivity contribution in [3.8, 4) is 0 Å². The molecule has 0 aliphatic heterocycles. The Morgan fingerprint density at radius 1 is 0.833 bits per heavy atom. The predicted molar refractivity (Wildman–Crippen MR) is 97.5 cm³/mol. The van der Waals surface area contributed by atoms with Crippen LogP contribution in [0.1, 0.15) is 22.5 Å². The summed E-state index contributed by atoms with van der Waals surface area (Å²) in [7, 11) is 0. The van der Waals surface area contributed by atoms with Gasteiger partial charge in [-0.25, -0.2) is 9.97 Å². The van der Waals surface area contributed by atoms with Gasteiger partial charge < -0.3 is 10.6 Å². The molecule has 24 heavy (non-hydrogen) atoms. The summed E-state index contributed by atoms with van der Waals surface area (Å²) in [6, 6.07) is 12.2. The molecule has 0 aliphatic rings. The van der Waals surface area contributed by atoms with Crippen molar-refractivity contribution < 1.29 is 0 Å². The van der Waals surface area contributed by atoms with Crippen molar-refractivity contribution in [1.82, 2.24) is 15.0 Å². The Kier molecular flexibility index (Phi) is 4.70. The van der Waals surface area contributed by atoms with Crippen molar-refractivity contribution in [2.45, 2.75) is 27.3 Å². The maximum Gasteiger partial charge on any atom is 0.136 e. The number of hydrogen-bond acceptors (Lipinski definition) is 5. The lowest BCUT2D eigenvalue weighted by Crippen LogP contribution is -2.05. The first kappa shape index (κ1) is 15.9. The van der Waals surface area contributed by atoms with Crippen LogP contribution in [0.25, 0.3) is 0 Å². The van der Waals surface area contributed by atoms with Gasteiger partial charge in [0.05, 0.1) is 0 Å². The third kappa shape index (κ3) is 4.29. The van der Waals surface area contributed by atoms with Crippen LogP contribution in [0.2, 0.25) is 0 Å². The van der Waals surface area contributed by atoms with Crippen LogP contribution in [0.4, 0.5) is 17.3 Å². The number of rotatable bonds is 5. The van der Waals surface area contributed by atoms with Gasteiger partial charge in [-0.2, -0.15) is 0 Å². The second kappa shape index (κ2) is 7.08. The zero-order chi connectivity index (χ0) is 16.9. The molecule has 2 aromatic heterocycles. The van der Waals surface area contributed by atoms with Crippen molar-refractivity contribution in [1.29, 1.82) is 0 Å². The number of pyridine rings is 1. The summed E-state index contributed by atoms with van der Waals surface area (Å²) in [4.78, 5) is 12.9. The van der Waals surface area contributed by atoms with E-state index in [2.05, 4.69) is 57.6 Å². The molecule has 0 bridgehead atoms. The van der Waals surface area contributed by atoms with Gasteiger partial charge in [0.25, 0.3) is 0 Å². The summed E-state index contributed by atoms with van der Waals surface area (Å²) >= 11 is 0. The molecule has 0 fully saturated rings. The molecule has 0 saturated carbocycles. The quantitative estimate of drug-likeness (QED) is 0.739. The van der Waals surface area contributed by atoms with Crippen molar-refractivity contribution >= 4 is 17.3 Å². The first-order valence-electron chi connectivity index (χ1n) is 7.92. The summed E-state index contributed by atoms with van der Waals surface area (Å²) in [5, 5.41) is 6.70. The smallest absolute Gasteiger partial charge is 0.136 e. The fraction of sp³-hybridized carbons (Fsp3) is 0.211. The summed E-state index contributed by atoms with van der Waals surface area (Å²) in [6.45, 7) is 6.77. The van der Waals surface area contributed by atoms with Crippen molar-refractivity contribution in [3.05, 3.63) is 71.3 Å². The van der Waals surface area contributed by atoms with Gasteiger partial charge in [0.15, 0.2) is 0 Å². The van der Waals surface area contributed by atoms with Crippen LogP contribution in [0.15, 0.2) is 48.8 Å². The van der Waals surface area contributed by atoms with E-state index in [0.717, 1.165) is 28.7 Å². The van der Waals surface area contributed by atoms with Crippen LogP contribution < -0.4 is 10.6 Å². The lowest BCUT2D eigenvalue weighted by atomic mass is 10.1. The maximum absolute atomic E-state index is 4.47. The number of nitrogens with one attached hydrogen (secondary N) is 2. The van der Waals surface area contributed by atoms with Crippen LogP contribution in [-0.2, 0) is 6.54 Å². The summed E-state index contributed by atoms with van der Waals surface area (Å²) in [6.07, 6.45) is 3.57. The van der Waals surface area contributed by atoms with E-state index in [1.54, 1.807) is 12.4 Å². The fourth-order valence-electron chi connectivity index (χ4n) is 2.61. The zero-order valence-electron chi connectivity index (χ0n) is 14.2. The largest absolute Gasteiger partial charge is 0.366 e. The average Bonchev–Trinajstić information content (AvgIpc) is 2.52. The van der Waals surface area contributed by atoms with Crippen molar-refractivity contribution in [2.75, 3.05) is 10.6 Å². The van der Waals surface area contributed by atoms with Gasteiger partial charge in [-0.05, 0) is 61.7 Å². The van der Waals surface area contributed by atoms with Gasteiger partial charge >= 0.3 is 0 Å². The van der Waals surface area contributed by atoms with Gasteiger partial charge in [0.2, 0.25) is 0 Å². The van der Waals surface area contributed by atoms with Gasteiger partial charge in [0, 0.05) is 30.7 Å². The van der Waals surface area contributed by atoms with E-state index in [1.807, 2.05) is 25.1 Å². The summed E-state index contributed by atoms with van der Waals surface area (Å²) < 4.78 is 0. The van der Waals surface area contributed by atoms with Crippen LogP contribution in [0.3, 0.4) is 0 Å². The normalized spacial score (nSPS) is 10.5. The molecule has 5 nitrogen and oxygen atoms in total. The molecule has 0 radical (unpaired) electrons. The number of anilines is 3. The summed E-state index contributed by atoms with van der Waals surface area (Å²) in [5.74, 6) is 2.30. The molecule has 2 N–H and O–H groups in total. The molecular weight excluding hydrogens is 298 g/mol. The summed E-state index contributed by atoms with van der Waals surface area (Å²) in [5.41, 5.74) is 4.63. The second-order valence-electron chi connectivity index (χ2n) is 5.90. The first-order chi connectivity index (χ1) is 11.6. The first-order valence-corrected chi connectivity index (χ1v) is 7.92.